The average molecular weight is 383 g/mol. The SMILES string of the molecule is C[C@H](NC(=O)c1ccc(COc2c(N)cc(Cl)cc2Cl)cc1)C(=O)O. The first-order chi connectivity index (χ1) is 11.8. The minimum atomic E-state index is -1.10. The third kappa shape index (κ3) is 5.01. The number of carboxylic acid groups (broad SMARTS) is 1. The van der Waals surface area contributed by atoms with E-state index in [4.69, 9.17) is 38.8 Å². The summed E-state index contributed by atoms with van der Waals surface area (Å²) in [5.41, 5.74) is 7.29. The highest BCUT2D eigenvalue weighted by molar-refractivity contribution is 6.36. The van der Waals surface area contributed by atoms with E-state index in [1.54, 1.807) is 30.3 Å². The van der Waals surface area contributed by atoms with Crippen molar-refractivity contribution in [3.8, 4) is 5.75 Å². The number of carbonyl (C=O) groups is 2. The third-order valence-corrected chi connectivity index (χ3v) is 3.85. The molecule has 0 bridgehead atoms. The lowest BCUT2D eigenvalue weighted by Crippen LogP contribution is -2.38. The van der Waals surface area contributed by atoms with Crippen molar-refractivity contribution in [1.82, 2.24) is 5.32 Å². The molecule has 4 N–H and O–H groups in total. The number of nitrogens with one attached hydrogen (secondary N) is 1. The molecule has 0 aromatic heterocycles. The standard InChI is InChI=1S/C17H16Cl2N2O4/c1-9(17(23)24)21-16(22)11-4-2-10(3-5-11)8-25-15-13(19)6-12(18)7-14(15)20/h2-7,9H,8,20H2,1H3,(H,21,22)(H,23,24)/t9-/m0/s1. The summed E-state index contributed by atoms with van der Waals surface area (Å²) in [5.74, 6) is -1.23. The fourth-order valence-electron chi connectivity index (χ4n) is 1.98. The van der Waals surface area contributed by atoms with Crippen LogP contribution in [0.1, 0.15) is 22.8 Å². The van der Waals surface area contributed by atoms with Gasteiger partial charge in [0.15, 0.2) is 5.75 Å². The topological polar surface area (TPSA) is 102 Å². The maximum atomic E-state index is 11.9. The number of hydrogen-bond donors (Lipinski definition) is 3. The van der Waals surface area contributed by atoms with Gasteiger partial charge in [-0.25, -0.2) is 0 Å². The summed E-state index contributed by atoms with van der Waals surface area (Å²) in [7, 11) is 0. The molecule has 2 aromatic rings. The van der Waals surface area contributed by atoms with Crippen molar-refractivity contribution in [2.45, 2.75) is 19.6 Å². The number of hydrogen-bond acceptors (Lipinski definition) is 4. The van der Waals surface area contributed by atoms with E-state index in [9.17, 15) is 9.59 Å². The molecule has 0 unspecified atom stereocenters. The fraction of sp³-hybridized carbons (Fsp3) is 0.176. The fourth-order valence-corrected chi connectivity index (χ4v) is 2.55. The van der Waals surface area contributed by atoms with Crippen LogP contribution < -0.4 is 15.8 Å². The molecule has 1 atom stereocenters. The molecule has 0 spiro atoms. The first-order valence-corrected chi connectivity index (χ1v) is 8.03. The Labute approximate surface area is 154 Å². The molecule has 132 valence electrons. The predicted molar refractivity (Wildman–Crippen MR) is 96.2 cm³/mol. The van der Waals surface area contributed by atoms with Crippen LogP contribution in [-0.4, -0.2) is 23.0 Å². The second kappa shape index (κ2) is 8.09. The van der Waals surface area contributed by atoms with E-state index in [2.05, 4.69) is 5.32 Å². The molecule has 6 nitrogen and oxygen atoms in total. The zero-order chi connectivity index (χ0) is 18.6. The van der Waals surface area contributed by atoms with Crippen LogP contribution in [0.5, 0.6) is 5.75 Å². The van der Waals surface area contributed by atoms with Crippen LogP contribution in [0.15, 0.2) is 36.4 Å². The van der Waals surface area contributed by atoms with E-state index in [1.165, 1.54) is 13.0 Å². The zero-order valence-corrected chi connectivity index (χ0v) is 14.8. The van der Waals surface area contributed by atoms with Gasteiger partial charge in [0.2, 0.25) is 0 Å². The summed E-state index contributed by atoms with van der Waals surface area (Å²) in [4.78, 5) is 22.7. The number of carbonyl (C=O) groups excluding carboxylic acids is 1. The number of nitrogen functional groups attached to an aromatic ring is 1. The van der Waals surface area contributed by atoms with Gasteiger partial charge in [-0.05, 0) is 36.8 Å². The minimum Gasteiger partial charge on any atom is -0.485 e. The molecule has 2 rings (SSSR count). The smallest absolute Gasteiger partial charge is 0.325 e. The number of halogens is 2. The average Bonchev–Trinajstić information content (AvgIpc) is 2.54. The lowest BCUT2D eigenvalue weighted by Gasteiger charge is -2.12. The van der Waals surface area contributed by atoms with Gasteiger partial charge in [0.05, 0.1) is 10.7 Å². The van der Waals surface area contributed by atoms with Crippen molar-refractivity contribution < 1.29 is 19.4 Å². The number of aliphatic carboxylic acids is 1. The van der Waals surface area contributed by atoms with Gasteiger partial charge in [0, 0.05) is 10.6 Å². The summed E-state index contributed by atoms with van der Waals surface area (Å²) in [5, 5.41) is 11.9. The zero-order valence-electron chi connectivity index (χ0n) is 13.3. The number of anilines is 1. The molecule has 8 heteroatoms. The van der Waals surface area contributed by atoms with Gasteiger partial charge in [-0.15, -0.1) is 0 Å². The van der Waals surface area contributed by atoms with Gasteiger partial charge in [-0.2, -0.15) is 0 Å². The van der Waals surface area contributed by atoms with Crippen molar-refractivity contribution >= 4 is 40.8 Å². The summed E-state index contributed by atoms with van der Waals surface area (Å²) in [6.45, 7) is 1.59. The first-order valence-electron chi connectivity index (χ1n) is 7.28. The highest BCUT2D eigenvalue weighted by Crippen LogP contribution is 2.34. The molecule has 1 amide bonds. The lowest BCUT2D eigenvalue weighted by molar-refractivity contribution is -0.138. The summed E-state index contributed by atoms with van der Waals surface area (Å²) >= 11 is 11.9. The van der Waals surface area contributed by atoms with Gasteiger partial charge >= 0.3 is 5.97 Å². The van der Waals surface area contributed by atoms with Crippen molar-refractivity contribution in [3.63, 3.8) is 0 Å². The number of nitrogens with two attached hydrogens (primary N) is 1. The van der Waals surface area contributed by atoms with Crippen LogP contribution in [0.25, 0.3) is 0 Å². The summed E-state index contributed by atoms with van der Waals surface area (Å²) in [6, 6.07) is 8.66. The van der Waals surface area contributed by atoms with Crippen LogP contribution >= 0.6 is 23.2 Å². The first kappa shape index (κ1) is 18.9. The predicted octanol–water partition coefficient (Wildman–Crippen LogP) is 3.36. The third-order valence-electron chi connectivity index (χ3n) is 3.35. The van der Waals surface area contributed by atoms with Crippen LogP contribution in [0.4, 0.5) is 5.69 Å². The van der Waals surface area contributed by atoms with Gasteiger partial charge in [-0.3, -0.25) is 9.59 Å². The Balaban J connectivity index is 2.01. The van der Waals surface area contributed by atoms with Crippen molar-refractivity contribution in [2.24, 2.45) is 0 Å². The molecule has 0 heterocycles. The Morgan fingerprint density at radius 1 is 1.24 bits per heavy atom. The van der Waals surface area contributed by atoms with Crippen LogP contribution in [-0.2, 0) is 11.4 Å². The van der Waals surface area contributed by atoms with E-state index in [0.717, 1.165) is 5.56 Å². The Bertz CT molecular complexity index is 771. The minimum absolute atomic E-state index is 0.193. The van der Waals surface area contributed by atoms with Gasteiger partial charge < -0.3 is 20.9 Å². The monoisotopic (exact) mass is 382 g/mol. The van der Waals surface area contributed by atoms with Crippen LogP contribution in [0.3, 0.4) is 0 Å². The van der Waals surface area contributed by atoms with Crippen molar-refractivity contribution in [3.05, 3.63) is 57.6 Å². The van der Waals surface area contributed by atoms with Crippen molar-refractivity contribution in [2.75, 3.05) is 5.73 Å². The summed E-state index contributed by atoms with van der Waals surface area (Å²) < 4.78 is 5.61. The Morgan fingerprint density at radius 2 is 1.88 bits per heavy atom. The molecule has 0 fully saturated rings. The Kier molecular flexibility index (Phi) is 6.12. The van der Waals surface area contributed by atoms with E-state index in [1.807, 2.05) is 0 Å². The maximum Gasteiger partial charge on any atom is 0.325 e. The molecular formula is C17H16Cl2N2O4. The number of carboxylic acids is 1. The number of ether oxygens (including phenoxy) is 1. The molecule has 0 aliphatic heterocycles. The van der Waals surface area contributed by atoms with E-state index < -0.39 is 17.9 Å². The normalized spacial score (nSPS) is 11.6. The molecule has 2 aromatic carbocycles. The molecule has 0 saturated heterocycles. The van der Waals surface area contributed by atoms with Gasteiger partial charge in [0.1, 0.15) is 12.6 Å². The quantitative estimate of drug-likeness (QED) is 0.664. The largest absolute Gasteiger partial charge is 0.485 e. The van der Waals surface area contributed by atoms with E-state index in [0.29, 0.717) is 27.0 Å². The molecule has 0 radical (unpaired) electrons. The number of benzene rings is 2. The molecular weight excluding hydrogens is 367 g/mol. The molecule has 0 aliphatic rings. The van der Waals surface area contributed by atoms with Gasteiger partial charge in [-0.1, -0.05) is 35.3 Å². The van der Waals surface area contributed by atoms with Crippen molar-refractivity contribution in [1.29, 1.82) is 0 Å². The highest BCUT2D eigenvalue weighted by Gasteiger charge is 2.15. The lowest BCUT2D eigenvalue weighted by atomic mass is 10.1. The Hall–Kier alpha value is -2.44. The number of rotatable bonds is 6. The maximum absolute atomic E-state index is 11.9. The van der Waals surface area contributed by atoms with E-state index >= 15 is 0 Å². The van der Waals surface area contributed by atoms with Crippen LogP contribution in [0.2, 0.25) is 10.0 Å². The van der Waals surface area contributed by atoms with Gasteiger partial charge in [0.25, 0.3) is 5.91 Å². The van der Waals surface area contributed by atoms with E-state index in [-0.39, 0.29) is 6.61 Å². The number of amides is 1. The highest BCUT2D eigenvalue weighted by atomic mass is 35.5. The molecule has 25 heavy (non-hydrogen) atoms. The molecule has 0 aliphatic carbocycles. The summed E-state index contributed by atoms with van der Waals surface area (Å²) in [6.07, 6.45) is 0. The van der Waals surface area contributed by atoms with Crippen LogP contribution in [0, 0.1) is 0 Å². The Morgan fingerprint density at radius 3 is 2.44 bits per heavy atom. The molecule has 0 saturated carbocycles. The second-order valence-electron chi connectivity index (χ2n) is 5.32. The second-order valence-corrected chi connectivity index (χ2v) is 6.17.